The van der Waals surface area contributed by atoms with E-state index in [0.29, 0.717) is 13.1 Å². The van der Waals surface area contributed by atoms with Crippen LogP contribution >= 0.6 is 0 Å². The molecular formula is C10H15NO3. The van der Waals surface area contributed by atoms with Crippen molar-refractivity contribution in [1.82, 2.24) is 4.90 Å². The summed E-state index contributed by atoms with van der Waals surface area (Å²) in [7, 11) is 0. The number of likely N-dealkylation sites (tertiary alicyclic amines) is 1. The van der Waals surface area contributed by atoms with E-state index in [0.717, 1.165) is 5.70 Å². The summed E-state index contributed by atoms with van der Waals surface area (Å²) in [6, 6.07) is 0. The third-order valence-electron chi connectivity index (χ3n) is 2.22. The van der Waals surface area contributed by atoms with Crippen molar-refractivity contribution in [2.75, 3.05) is 13.1 Å². The van der Waals surface area contributed by atoms with Crippen molar-refractivity contribution in [1.29, 1.82) is 0 Å². The molecule has 0 spiro atoms. The number of carboxylic acids is 1. The number of aliphatic carboxylic acids is 1. The van der Waals surface area contributed by atoms with Crippen LogP contribution in [0.25, 0.3) is 0 Å². The van der Waals surface area contributed by atoms with E-state index in [-0.39, 0.29) is 5.57 Å². The number of hydrogen-bond donors (Lipinski definition) is 2. The Morgan fingerprint density at radius 1 is 1.57 bits per heavy atom. The highest BCUT2D eigenvalue weighted by atomic mass is 16.4. The Hall–Kier alpha value is -1.29. The van der Waals surface area contributed by atoms with E-state index >= 15 is 0 Å². The molecule has 0 aromatic rings. The maximum atomic E-state index is 10.5. The Morgan fingerprint density at radius 3 is 2.43 bits per heavy atom. The van der Waals surface area contributed by atoms with Crippen LogP contribution in [0.15, 0.2) is 23.9 Å². The van der Waals surface area contributed by atoms with Crippen LogP contribution in [-0.4, -0.2) is 39.8 Å². The molecule has 2 N–H and O–H groups in total. The molecule has 0 radical (unpaired) electrons. The Morgan fingerprint density at radius 2 is 2.07 bits per heavy atom. The summed E-state index contributed by atoms with van der Waals surface area (Å²) in [5.74, 6) is -1.02. The van der Waals surface area contributed by atoms with Crippen LogP contribution in [0, 0.1) is 0 Å². The predicted molar refractivity (Wildman–Crippen MR) is 52.7 cm³/mol. The van der Waals surface area contributed by atoms with Crippen molar-refractivity contribution >= 4 is 5.97 Å². The van der Waals surface area contributed by atoms with E-state index < -0.39 is 11.6 Å². The minimum Gasteiger partial charge on any atom is -0.478 e. The van der Waals surface area contributed by atoms with E-state index in [9.17, 15) is 9.90 Å². The van der Waals surface area contributed by atoms with Gasteiger partial charge in [-0.05, 0) is 19.9 Å². The standard InChI is InChI=1S/C10H15NO3/c1-7(9(12)13)4-8(2)11-5-10(3,14)6-11/h4,14H,1,5-6H2,2-3H3,(H,12,13). The van der Waals surface area contributed by atoms with Gasteiger partial charge in [-0.25, -0.2) is 4.79 Å². The number of allylic oxidation sites excluding steroid dienone is 1. The highest BCUT2D eigenvalue weighted by Crippen LogP contribution is 2.24. The largest absolute Gasteiger partial charge is 0.478 e. The molecule has 0 amide bonds. The molecule has 0 atom stereocenters. The van der Waals surface area contributed by atoms with Crippen LogP contribution in [-0.2, 0) is 4.79 Å². The molecule has 78 valence electrons. The fraction of sp³-hybridized carbons (Fsp3) is 0.500. The van der Waals surface area contributed by atoms with Crippen LogP contribution in [0.2, 0.25) is 0 Å². The molecule has 14 heavy (non-hydrogen) atoms. The highest BCUT2D eigenvalue weighted by molar-refractivity contribution is 5.89. The number of rotatable bonds is 3. The van der Waals surface area contributed by atoms with Gasteiger partial charge in [-0.2, -0.15) is 0 Å². The van der Waals surface area contributed by atoms with Gasteiger partial charge in [-0.1, -0.05) is 6.58 Å². The average molecular weight is 197 g/mol. The molecule has 1 saturated heterocycles. The van der Waals surface area contributed by atoms with Gasteiger partial charge in [0.25, 0.3) is 0 Å². The number of carboxylic acid groups (broad SMARTS) is 1. The van der Waals surface area contributed by atoms with Gasteiger partial charge in [-0.15, -0.1) is 0 Å². The van der Waals surface area contributed by atoms with Gasteiger partial charge < -0.3 is 15.1 Å². The van der Waals surface area contributed by atoms with Crippen molar-refractivity contribution in [2.45, 2.75) is 19.4 Å². The zero-order valence-corrected chi connectivity index (χ0v) is 8.45. The quantitative estimate of drug-likeness (QED) is 0.513. The lowest BCUT2D eigenvalue weighted by Gasteiger charge is -2.46. The van der Waals surface area contributed by atoms with Gasteiger partial charge in [-0.3, -0.25) is 0 Å². The molecule has 1 heterocycles. The monoisotopic (exact) mass is 197 g/mol. The molecule has 0 unspecified atom stereocenters. The van der Waals surface area contributed by atoms with Crippen LogP contribution in [0.4, 0.5) is 0 Å². The van der Waals surface area contributed by atoms with Crippen LogP contribution in [0.5, 0.6) is 0 Å². The van der Waals surface area contributed by atoms with Crippen LogP contribution in [0.1, 0.15) is 13.8 Å². The summed E-state index contributed by atoms with van der Waals surface area (Å²) < 4.78 is 0. The summed E-state index contributed by atoms with van der Waals surface area (Å²) in [5.41, 5.74) is 0.248. The zero-order valence-electron chi connectivity index (χ0n) is 8.45. The van der Waals surface area contributed by atoms with Crippen LogP contribution < -0.4 is 0 Å². The van der Waals surface area contributed by atoms with Gasteiger partial charge >= 0.3 is 5.97 Å². The van der Waals surface area contributed by atoms with Gasteiger partial charge in [0.15, 0.2) is 0 Å². The third-order valence-corrected chi connectivity index (χ3v) is 2.22. The summed E-state index contributed by atoms with van der Waals surface area (Å²) in [6.07, 6.45) is 1.51. The van der Waals surface area contributed by atoms with Gasteiger partial charge in [0, 0.05) is 18.8 Å². The molecule has 1 fully saturated rings. The molecule has 0 aromatic carbocycles. The van der Waals surface area contributed by atoms with Gasteiger partial charge in [0.2, 0.25) is 0 Å². The molecule has 0 aliphatic carbocycles. The molecule has 0 aromatic heterocycles. The van der Waals surface area contributed by atoms with Crippen LogP contribution in [0.3, 0.4) is 0 Å². The maximum Gasteiger partial charge on any atom is 0.335 e. The zero-order chi connectivity index (χ0) is 10.9. The first kappa shape index (κ1) is 10.8. The lowest BCUT2D eigenvalue weighted by atomic mass is 9.96. The second-order valence-electron chi connectivity index (χ2n) is 3.97. The molecule has 0 bridgehead atoms. The summed E-state index contributed by atoms with van der Waals surface area (Å²) in [6.45, 7) is 8.06. The van der Waals surface area contributed by atoms with Crippen molar-refractivity contribution < 1.29 is 15.0 Å². The van der Waals surface area contributed by atoms with E-state index in [1.807, 2.05) is 11.8 Å². The predicted octanol–water partition coefficient (Wildman–Crippen LogP) is 0.598. The fourth-order valence-corrected chi connectivity index (χ4v) is 1.43. The maximum absolute atomic E-state index is 10.5. The first-order valence-corrected chi connectivity index (χ1v) is 4.40. The first-order chi connectivity index (χ1) is 6.32. The lowest BCUT2D eigenvalue weighted by Crippen LogP contribution is -2.58. The SMILES string of the molecule is C=C(C=C(C)N1CC(C)(O)C1)C(=O)O. The second kappa shape index (κ2) is 3.46. The van der Waals surface area contributed by atoms with Crippen molar-refractivity contribution in [3.63, 3.8) is 0 Å². The summed E-state index contributed by atoms with van der Waals surface area (Å²) >= 11 is 0. The molecular weight excluding hydrogens is 182 g/mol. The Kier molecular flexibility index (Phi) is 2.66. The number of aliphatic hydroxyl groups is 1. The number of hydrogen-bond acceptors (Lipinski definition) is 3. The smallest absolute Gasteiger partial charge is 0.335 e. The first-order valence-electron chi connectivity index (χ1n) is 4.40. The van der Waals surface area contributed by atoms with E-state index in [1.54, 1.807) is 6.92 Å². The molecule has 0 saturated carbocycles. The number of carbonyl (C=O) groups is 1. The van der Waals surface area contributed by atoms with Gasteiger partial charge in [0.1, 0.15) is 0 Å². The van der Waals surface area contributed by atoms with Crippen molar-refractivity contribution in [3.05, 3.63) is 23.9 Å². The molecule has 4 heteroatoms. The Balaban J connectivity index is 2.55. The van der Waals surface area contributed by atoms with Crippen molar-refractivity contribution in [2.24, 2.45) is 0 Å². The molecule has 1 aliphatic heterocycles. The number of β-amino-alcohol motifs (C(OH)–C–C–N with tert-alkyl or cyclic N) is 1. The molecule has 1 aliphatic rings. The normalized spacial score (nSPS) is 20.2. The lowest BCUT2D eigenvalue weighted by molar-refractivity contribution is -0.132. The van der Waals surface area contributed by atoms with Crippen molar-refractivity contribution in [3.8, 4) is 0 Å². The third kappa shape index (κ3) is 2.35. The molecule has 4 nitrogen and oxygen atoms in total. The van der Waals surface area contributed by atoms with Gasteiger partial charge in [0.05, 0.1) is 11.2 Å². The topological polar surface area (TPSA) is 60.8 Å². The minimum atomic E-state index is -1.02. The van der Waals surface area contributed by atoms with E-state index in [2.05, 4.69) is 6.58 Å². The Bertz CT molecular complexity index is 296. The minimum absolute atomic E-state index is 0.0639. The summed E-state index contributed by atoms with van der Waals surface area (Å²) in [4.78, 5) is 12.4. The second-order valence-corrected chi connectivity index (χ2v) is 3.97. The van der Waals surface area contributed by atoms with E-state index in [1.165, 1.54) is 6.08 Å². The highest BCUT2D eigenvalue weighted by Gasteiger charge is 2.36. The molecule has 1 rings (SSSR count). The van der Waals surface area contributed by atoms with E-state index in [4.69, 9.17) is 5.11 Å². The Labute approximate surface area is 83.1 Å². The fourth-order valence-electron chi connectivity index (χ4n) is 1.43. The summed E-state index contributed by atoms with van der Waals surface area (Å²) in [5, 5.41) is 18.1. The average Bonchev–Trinajstić information content (AvgIpc) is 1.99. The number of nitrogens with zero attached hydrogens (tertiary/aromatic N) is 1.